The van der Waals surface area contributed by atoms with Gasteiger partial charge in [0.15, 0.2) is 0 Å². The number of nitrogens with one attached hydrogen (secondary N) is 1. The number of allylic oxidation sites excluding steroid dienone is 6. The highest BCUT2D eigenvalue weighted by molar-refractivity contribution is 7.98. The summed E-state index contributed by atoms with van der Waals surface area (Å²) in [6, 6.07) is -0.757. The van der Waals surface area contributed by atoms with Crippen LogP contribution in [0.3, 0.4) is 0 Å². The maximum atomic E-state index is 11.9. The van der Waals surface area contributed by atoms with Crippen LogP contribution in [0.4, 0.5) is 0 Å². The van der Waals surface area contributed by atoms with Crippen LogP contribution in [0.2, 0.25) is 0 Å². The molecule has 0 rings (SSSR count). The van der Waals surface area contributed by atoms with Crippen molar-refractivity contribution in [3.63, 3.8) is 0 Å². The third-order valence-corrected chi connectivity index (χ3v) is 4.99. The minimum atomic E-state index is -0.946. The molecule has 0 bridgehead atoms. The van der Waals surface area contributed by atoms with Crippen molar-refractivity contribution in [3.05, 3.63) is 36.5 Å². The largest absolute Gasteiger partial charge is 0.480 e. The number of unbranched alkanes of at least 4 members (excludes halogenated alkanes) is 7. The molecule has 0 aliphatic heterocycles. The average molecular weight is 410 g/mol. The van der Waals surface area contributed by atoms with E-state index in [9.17, 15) is 9.59 Å². The van der Waals surface area contributed by atoms with E-state index in [2.05, 4.69) is 48.7 Å². The summed E-state index contributed by atoms with van der Waals surface area (Å²) >= 11 is 1.59. The fraction of sp³-hybridized carbons (Fsp3) is 0.652. The lowest BCUT2D eigenvalue weighted by Crippen LogP contribution is -2.41. The number of hydrogen-bond donors (Lipinski definition) is 2. The quantitative estimate of drug-likeness (QED) is 0.218. The molecule has 4 nitrogen and oxygen atoms in total. The number of aliphatic carboxylic acids is 1. The van der Waals surface area contributed by atoms with Gasteiger partial charge >= 0.3 is 5.97 Å². The molecule has 1 atom stereocenters. The monoisotopic (exact) mass is 409 g/mol. The highest BCUT2D eigenvalue weighted by Gasteiger charge is 2.18. The molecule has 1 amide bonds. The van der Waals surface area contributed by atoms with Crippen molar-refractivity contribution < 1.29 is 14.7 Å². The molecule has 0 radical (unpaired) electrons. The van der Waals surface area contributed by atoms with Crippen molar-refractivity contribution in [2.24, 2.45) is 0 Å². The summed E-state index contributed by atoms with van der Waals surface area (Å²) < 4.78 is 0. The Hall–Kier alpha value is -1.49. The fourth-order valence-corrected chi connectivity index (χ4v) is 3.11. The number of rotatable bonds is 18. The van der Waals surface area contributed by atoms with Gasteiger partial charge in [0.1, 0.15) is 6.04 Å². The van der Waals surface area contributed by atoms with Crippen LogP contribution in [0.25, 0.3) is 0 Å². The van der Waals surface area contributed by atoms with E-state index >= 15 is 0 Å². The molecule has 0 unspecified atom stereocenters. The van der Waals surface area contributed by atoms with E-state index in [-0.39, 0.29) is 5.91 Å². The van der Waals surface area contributed by atoms with E-state index in [1.54, 1.807) is 11.8 Å². The van der Waals surface area contributed by atoms with Crippen molar-refractivity contribution in [2.75, 3.05) is 12.0 Å². The summed E-state index contributed by atoms with van der Waals surface area (Å²) in [6.45, 7) is 2.20. The van der Waals surface area contributed by atoms with Crippen molar-refractivity contribution in [1.82, 2.24) is 5.32 Å². The molecule has 160 valence electrons. The van der Waals surface area contributed by atoms with Gasteiger partial charge in [-0.1, -0.05) is 75.5 Å². The zero-order valence-electron chi connectivity index (χ0n) is 17.7. The lowest BCUT2D eigenvalue weighted by molar-refractivity contribution is -0.141. The van der Waals surface area contributed by atoms with E-state index in [1.165, 1.54) is 19.3 Å². The van der Waals surface area contributed by atoms with Crippen LogP contribution in [-0.4, -0.2) is 35.0 Å². The van der Waals surface area contributed by atoms with Gasteiger partial charge < -0.3 is 10.4 Å². The predicted molar refractivity (Wildman–Crippen MR) is 122 cm³/mol. The van der Waals surface area contributed by atoms with E-state index in [4.69, 9.17) is 5.11 Å². The van der Waals surface area contributed by atoms with Gasteiger partial charge in [0.05, 0.1) is 0 Å². The van der Waals surface area contributed by atoms with Crippen LogP contribution in [0.1, 0.15) is 77.6 Å². The van der Waals surface area contributed by atoms with Crippen LogP contribution in [0.5, 0.6) is 0 Å². The van der Waals surface area contributed by atoms with Crippen molar-refractivity contribution in [1.29, 1.82) is 0 Å². The lowest BCUT2D eigenvalue weighted by Gasteiger charge is -2.13. The second-order valence-corrected chi connectivity index (χ2v) is 7.92. The number of amides is 1. The average Bonchev–Trinajstić information content (AvgIpc) is 2.67. The van der Waals surface area contributed by atoms with Gasteiger partial charge in [-0.05, 0) is 44.1 Å². The number of hydrogen-bond acceptors (Lipinski definition) is 3. The number of carboxylic acid groups (broad SMARTS) is 1. The van der Waals surface area contributed by atoms with Gasteiger partial charge in [0, 0.05) is 6.42 Å². The molecule has 0 aliphatic rings. The maximum Gasteiger partial charge on any atom is 0.326 e. The predicted octanol–water partition coefficient (Wildman–Crippen LogP) is 5.90. The Balaban J connectivity index is 3.61. The summed E-state index contributed by atoms with van der Waals surface area (Å²) in [4.78, 5) is 23.0. The topological polar surface area (TPSA) is 66.4 Å². The number of thioether (sulfide) groups is 1. The molecular formula is C23H39NO3S. The van der Waals surface area contributed by atoms with Crippen LogP contribution in [0, 0.1) is 0 Å². The van der Waals surface area contributed by atoms with Crippen molar-refractivity contribution in [3.8, 4) is 0 Å². The second-order valence-electron chi connectivity index (χ2n) is 6.93. The van der Waals surface area contributed by atoms with Crippen molar-refractivity contribution >= 4 is 23.6 Å². The van der Waals surface area contributed by atoms with Gasteiger partial charge in [-0.3, -0.25) is 4.79 Å². The van der Waals surface area contributed by atoms with Gasteiger partial charge in [-0.2, -0.15) is 11.8 Å². The molecule has 2 N–H and O–H groups in total. The van der Waals surface area contributed by atoms with Crippen LogP contribution >= 0.6 is 11.8 Å². The Morgan fingerprint density at radius 2 is 1.54 bits per heavy atom. The first kappa shape index (κ1) is 26.5. The second kappa shape index (κ2) is 20.2. The smallest absolute Gasteiger partial charge is 0.326 e. The Kier molecular flexibility index (Phi) is 19.2. The Morgan fingerprint density at radius 1 is 0.929 bits per heavy atom. The molecule has 28 heavy (non-hydrogen) atoms. The summed E-state index contributed by atoms with van der Waals surface area (Å²) in [5.41, 5.74) is 0. The summed E-state index contributed by atoms with van der Waals surface area (Å²) in [5.74, 6) is -0.360. The van der Waals surface area contributed by atoms with E-state index in [0.29, 0.717) is 12.8 Å². The Labute approximate surface area is 175 Å². The molecule has 5 heteroatoms. The molecule has 0 aromatic rings. The van der Waals surface area contributed by atoms with E-state index in [1.807, 2.05) is 6.26 Å². The zero-order valence-corrected chi connectivity index (χ0v) is 18.5. The maximum absolute atomic E-state index is 11.9. The van der Waals surface area contributed by atoms with E-state index in [0.717, 1.165) is 44.3 Å². The minimum absolute atomic E-state index is 0.146. The zero-order chi connectivity index (χ0) is 20.9. The minimum Gasteiger partial charge on any atom is -0.480 e. The Bertz CT molecular complexity index is 486. The Morgan fingerprint density at radius 3 is 2.14 bits per heavy atom. The molecule has 0 fully saturated rings. The third-order valence-electron chi connectivity index (χ3n) is 4.35. The van der Waals surface area contributed by atoms with Crippen LogP contribution in [-0.2, 0) is 9.59 Å². The fourth-order valence-electron chi connectivity index (χ4n) is 2.64. The number of carboxylic acids is 1. The van der Waals surface area contributed by atoms with Crippen LogP contribution in [0.15, 0.2) is 36.5 Å². The molecule has 0 heterocycles. The first-order valence-corrected chi connectivity index (χ1v) is 12.0. The van der Waals surface area contributed by atoms with Gasteiger partial charge in [-0.15, -0.1) is 0 Å². The van der Waals surface area contributed by atoms with Gasteiger partial charge in [-0.25, -0.2) is 4.79 Å². The highest BCUT2D eigenvalue weighted by Crippen LogP contribution is 2.08. The normalized spacial score (nSPS) is 12.9. The first-order chi connectivity index (χ1) is 13.6. The van der Waals surface area contributed by atoms with Crippen molar-refractivity contribution in [2.45, 2.75) is 83.6 Å². The third kappa shape index (κ3) is 17.9. The molecular weight excluding hydrogens is 370 g/mol. The van der Waals surface area contributed by atoms with E-state index < -0.39 is 12.0 Å². The SMILES string of the molecule is CCCCC=CC=CC=CCCCCCCCC(=O)N[C@@H](CCSC)C(=O)O. The number of carbonyl (C=O) groups is 2. The molecule has 0 spiro atoms. The lowest BCUT2D eigenvalue weighted by atomic mass is 10.1. The molecule has 0 aromatic carbocycles. The molecule has 0 saturated carbocycles. The van der Waals surface area contributed by atoms with Crippen LogP contribution < -0.4 is 5.32 Å². The number of carbonyl (C=O) groups excluding carboxylic acids is 1. The summed E-state index contributed by atoms with van der Waals surface area (Å²) in [5, 5.41) is 11.7. The molecule has 0 aliphatic carbocycles. The van der Waals surface area contributed by atoms with Gasteiger partial charge in [0.2, 0.25) is 5.91 Å². The molecule has 0 aromatic heterocycles. The standard InChI is InChI=1S/C23H39NO3S/c1-3-4-5-6-7-8-9-10-11-12-13-14-15-16-17-18-22(25)24-21(23(26)27)19-20-28-2/h6-11,21H,3-5,12-20H2,1-2H3,(H,24,25)(H,26,27)/t21-/m0/s1. The van der Waals surface area contributed by atoms with Gasteiger partial charge in [0.25, 0.3) is 0 Å². The first-order valence-electron chi connectivity index (χ1n) is 10.6. The summed E-state index contributed by atoms with van der Waals surface area (Å²) in [7, 11) is 0. The summed E-state index contributed by atoms with van der Waals surface area (Å²) in [6.07, 6.45) is 25.6. The highest BCUT2D eigenvalue weighted by atomic mass is 32.2. The molecule has 0 saturated heterocycles.